The highest BCUT2D eigenvalue weighted by Crippen LogP contribution is 2.51. The van der Waals surface area contributed by atoms with Crippen molar-refractivity contribution in [3.05, 3.63) is 35.6 Å². The van der Waals surface area contributed by atoms with Crippen molar-refractivity contribution in [3.63, 3.8) is 0 Å². The minimum atomic E-state index is -1.14. The first-order chi connectivity index (χ1) is 10.5. The van der Waals surface area contributed by atoms with Crippen molar-refractivity contribution in [3.8, 4) is 0 Å². The highest BCUT2D eigenvalue weighted by atomic mass is 28.3. The van der Waals surface area contributed by atoms with Crippen LogP contribution >= 0.6 is 0 Å². The van der Waals surface area contributed by atoms with E-state index in [1.165, 1.54) is 6.07 Å². The molecule has 0 amide bonds. The van der Waals surface area contributed by atoms with Gasteiger partial charge in [-0.15, -0.1) is 0 Å². The molecular weight excluding hydrogens is 295 g/mol. The molecule has 1 aromatic carbocycles. The number of Topliss-reactive ketones (excluding diaryl/α,β-unsaturated/α-hetero) is 1. The summed E-state index contributed by atoms with van der Waals surface area (Å²) in [5.74, 6) is 0.162. The number of carbonyl (C=O) groups excluding carboxylic acids is 1. The van der Waals surface area contributed by atoms with Crippen molar-refractivity contribution < 1.29 is 13.6 Å². The molecule has 1 aliphatic rings. The minimum absolute atomic E-state index is 0.0926. The molecule has 0 aliphatic heterocycles. The second-order valence-electron chi connectivity index (χ2n) is 6.85. The van der Waals surface area contributed by atoms with E-state index in [-0.39, 0.29) is 17.2 Å². The van der Waals surface area contributed by atoms with E-state index < -0.39 is 9.04 Å². The first-order valence-corrected chi connectivity index (χ1v) is 11.1. The van der Waals surface area contributed by atoms with E-state index in [1.807, 2.05) is 6.07 Å². The predicted molar refractivity (Wildman–Crippen MR) is 90.2 cm³/mol. The molecule has 2 nitrogen and oxygen atoms in total. The summed E-state index contributed by atoms with van der Waals surface area (Å²) in [5, 5.41) is 0. The second-order valence-corrected chi connectivity index (χ2v) is 9.28. The third kappa shape index (κ3) is 4.05. The summed E-state index contributed by atoms with van der Waals surface area (Å²) < 4.78 is 19.7. The summed E-state index contributed by atoms with van der Waals surface area (Å²) in [4.78, 5) is 12.2. The molecule has 1 aromatic rings. The van der Waals surface area contributed by atoms with Gasteiger partial charge in [0.25, 0.3) is 0 Å². The molecule has 2 rings (SSSR count). The van der Waals surface area contributed by atoms with Crippen LogP contribution in [0.5, 0.6) is 0 Å². The highest BCUT2D eigenvalue weighted by molar-refractivity contribution is 6.48. The summed E-state index contributed by atoms with van der Waals surface area (Å²) in [5.41, 5.74) is 0.814. The lowest BCUT2D eigenvalue weighted by Crippen LogP contribution is -2.32. The average Bonchev–Trinajstić information content (AvgIpc) is 2.80. The molecule has 0 N–H and O–H groups in total. The Bertz CT molecular complexity index is 518. The topological polar surface area (TPSA) is 26.3 Å². The number of hydrogen-bond donors (Lipinski definition) is 0. The lowest BCUT2D eigenvalue weighted by molar-refractivity contribution is -0.118. The minimum Gasteiger partial charge on any atom is -0.420 e. The van der Waals surface area contributed by atoms with Crippen LogP contribution in [0.15, 0.2) is 24.3 Å². The number of carbonyl (C=O) groups is 1. The van der Waals surface area contributed by atoms with Crippen molar-refractivity contribution in [1.29, 1.82) is 0 Å². The predicted octanol–water partition coefficient (Wildman–Crippen LogP) is 4.45. The van der Waals surface area contributed by atoms with Crippen LogP contribution in [-0.4, -0.2) is 21.4 Å². The fourth-order valence-corrected chi connectivity index (χ4v) is 4.24. The second kappa shape index (κ2) is 7.51. The molecule has 0 heterocycles. The summed E-state index contributed by atoms with van der Waals surface area (Å²) in [6, 6.07) is 6.76. The first-order valence-electron chi connectivity index (χ1n) is 8.35. The van der Waals surface area contributed by atoms with Gasteiger partial charge in [0.1, 0.15) is 11.6 Å². The maximum absolute atomic E-state index is 13.6. The third-order valence-corrected chi connectivity index (χ3v) is 5.54. The number of benzene rings is 1. The Kier molecular flexibility index (Phi) is 5.92. The van der Waals surface area contributed by atoms with Gasteiger partial charge in [-0.1, -0.05) is 31.9 Å². The lowest BCUT2D eigenvalue weighted by atomic mass is 9.72. The van der Waals surface area contributed by atoms with Gasteiger partial charge >= 0.3 is 0 Å². The van der Waals surface area contributed by atoms with Crippen LogP contribution in [0.25, 0.3) is 0 Å². The zero-order valence-corrected chi connectivity index (χ0v) is 15.1. The van der Waals surface area contributed by atoms with Crippen LogP contribution in [0.4, 0.5) is 4.39 Å². The Morgan fingerprint density at radius 1 is 1.41 bits per heavy atom. The third-order valence-electron chi connectivity index (χ3n) is 4.70. The standard InChI is InChI=1S/C18H27FO2Si/c1-4-5-9-18(13-21-22(2)3)12-16(20)11-17(18)14-7-6-8-15(19)10-14/h6-8,10,17,22H,4-5,9,11-13H2,1-3H3. The molecular formula is C18H27FO2Si. The molecule has 0 spiro atoms. The van der Waals surface area contributed by atoms with Crippen LogP contribution in [0, 0.1) is 11.2 Å². The van der Waals surface area contributed by atoms with E-state index in [0.717, 1.165) is 24.8 Å². The van der Waals surface area contributed by atoms with Crippen molar-refractivity contribution in [2.45, 2.75) is 58.0 Å². The van der Waals surface area contributed by atoms with Crippen LogP contribution in [0.1, 0.15) is 50.5 Å². The maximum Gasteiger partial charge on any atom is 0.170 e. The number of halogens is 1. The Labute approximate surface area is 134 Å². The van der Waals surface area contributed by atoms with Crippen LogP contribution in [-0.2, 0) is 9.22 Å². The van der Waals surface area contributed by atoms with Crippen molar-refractivity contribution >= 4 is 14.8 Å². The molecule has 2 unspecified atom stereocenters. The molecule has 0 saturated heterocycles. The Balaban J connectivity index is 2.31. The van der Waals surface area contributed by atoms with Gasteiger partial charge in [-0.3, -0.25) is 4.79 Å². The molecule has 0 aromatic heterocycles. The number of rotatable bonds is 7. The van der Waals surface area contributed by atoms with Gasteiger partial charge in [0, 0.05) is 24.9 Å². The number of ketones is 1. The molecule has 2 atom stereocenters. The van der Waals surface area contributed by atoms with Gasteiger partial charge in [-0.2, -0.15) is 0 Å². The zero-order chi connectivity index (χ0) is 16.2. The Hall–Kier alpha value is -1.00. The van der Waals surface area contributed by atoms with Crippen LogP contribution < -0.4 is 0 Å². The van der Waals surface area contributed by atoms with E-state index in [2.05, 4.69) is 20.0 Å². The van der Waals surface area contributed by atoms with Crippen LogP contribution in [0.2, 0.25) is 13.1 Å². The van der Waals surface area contributed by atoms with E-state index in [0.29, 0.717) is 25.2 Å². The molecule has 1 fully saturated rings. The summed E-state index contributed by atoms with van der Waals surface area (Å²) in [6.07, 6.45) is 4.27. The van der Waals surface area contributed by atoms with E-state index in [4.69, 9.17) is 4.43 Å². The van der Waals surface area contributed by atoms with Gasteiger partial charge < -0.3 is 4.43 Å². The highest BCUT2D eigenvalue weighted by Gasteiger charge is 2.47. The van der Waals surface area contributed by atoms with Gasteiger partial charge in [-0.05, 0) is 43.1 Å². The maximum atomic E-state index is 13.6. The first kappa shape index (κ1) is 17.4. The number of unbranched alkanes of at least 4 members (excludes halogenated alkanes) is 1. The molecule has 122 valence electrons. The van der Waals surface area contributed by atoms with E-state index in [1.54, 1.807) is 12.1 Å². The number of hydrogen-bond acceptors (Lipinski definition) is 2. The zero-order valence-electron chi connectivity index (χ0n) is 13.9. The average molecular weight is 322 g/mol. The fourth-order valence-electron chi connectivity index (χ4n) is 3.57. The van der Waals surface area contributed by atoms with Crippen molar-refractivity contribution in [1.82, 2.24) is 0 Å². The smallest absolute Gasteiger partial charge is 0.170 e. The van der Waals surface area contributed by atoms with Crippen LogP contribution in [0.3, 0.4) is 0 Å². The van der Waals surface area contributed by atoms with Gasteiger partial charge in [0.05, 0.1) is 0 Å². The Morgan fingerprint density at radius 2 is 2.18 bits per heavy atom. The normalized spacial score (nSPS) is 25.1. The molecule has 4 heteroatoms. The summed E-state index contributed by atoms with van der Waals surface area (Å²) in [7, 11) is -1.14. The molecule has 1 aliphatic carbocycles. The summed E-state index contributed by atoms with van der Waals surface area (Å²) >= 11 is 0. The molecule has 1 saturated carbocycles. The monoisotopic (exact) mass is 322 g/mol. The van der Waals surface area contributed by atoms with Gasteiger partial charge in [0.15, 0.2) is 9.04 Å². The van der Waals surface area contributed by atoms with E-state index >= 15 is 0 Å². The van der Waals surface area contributed by atoms with Crippen molar-refractivity contribution in [2.75, 3.05) is 6.61 Å². The van der Waals surface area contributed by atoms with Gasteiger partial charge in [-0.25, -0.2) is 4.39 Å². The summed E-state index contributed by atoms with van der Waals surface area (Å²) in [6.45, 7) is 7.12. The molecule has 22 heavy (non-hydrogen) atoms. The fraction of sp³-hybridized carbons (Fsp3) is 0.611. The largest absolute Gasteiger partial charge is 0.420 e. The lowest BCUT2D eigenvalue weighted by Gasteiger charge is -2.36. The SMILES string of the molecule is CCCCC1(CO[SiH](C)C)CC(=O)CC1c1cccc(F)c1. The molecule has 0 bridgehead atoms. The van der Waals surface area contributed by atoms with Gasteiger partial charge in [0.2, 0.25) is 0 Å². The molecule has 0 radical (unpaired) electrons. The van der Waals surface area contributed by atoms with E-state index in [9.17, 15) is 9.18 Å². The van der Waals surface area contributed by atoms with Crippen molar-refractivity contribution in [2.24, 2.45) is 5.41 Å². The quantitative estimate of drug-likeness (QED) is 0.693. The Morgan fingerprint density at radius 3 is 2.82 bits per heavy atom.